The molecule has 1 aliphatic heterocycles. The maximum Gasteiger partial charge on any atom is 0.119 e. The summed E-state index contributed by atoms with van der Waals surface area (Å²) >= 11 is 0. The Morgan fingerprint density at radius 1 is 1.15 bits per heavy atom. The molecule has 2 heterocycles. The number of fused-ring (bicyclic) bond motifs is 1. The Morgan fingerprint density at radius 3 is 2.81 bits per heavy atom. The third kappa shape index (κ3) is 3.58. The van der Waals surface area contributed by atoms with Gasteiger partial charge < -0.3 is 14.7 Å². The van der Waals surface area contributed by atoms with Gasteiger partial charge in [-0.05, 0) is 75.0 Å². The van der Waals surface area contributed by atoms with E-state index in [0.29, 0.717) is 0 Å². The first-order chi connectivity index (χ1) is 12.8. The summed E-state index contributed by atoms with van der Waals surface area (Å²) in [5.74, 6) is 2.98. The molecule has 4 rings (SSSR count). The Bertz CT molecular complexity index is 742. The SMILES string of the molecule is COc1ccc2nccc([C@@H](O)[C]3[CH][CH][CH][C]3CN3CCCCC3)c2c1. The number of piperidine rings is 1. The topological polar surface area (TPSA) is 45.6 Å². The maximum absolute atomic E-state index is 11.2. The van der Waals surface area contributed by atoms with Crippen LogP contribution < -0.4 is 4.74 Å². The number of rotatable bonds is 5. The zero-order valence-corrected chi connectivity index (χ0v) is 15.2. The van der Waals surface area contributed by atoms with Crippen molar-refractivity contribution in [1.29, 1.82) is 0 Å². The summed E-state index contributed by atoms with van der Waals surface area (Å²) in [4.78, 5) is 6.91. The fraction of sp³-hybridized carbons (Fsp3) is 0.364. The van der Waals surface area contributed by atoms with Gasteiger partial charge in [-0.1, -0.05) is 6.42 Å². The number of methoxy groups -OCH3 is 1. The molecule has 1 saturated carbocycles. The van der Waals surface area contributed by atoms with Crippen LogP contribution >= 0.6 is 0 Å². The van der Waals surface area contributed by atoms with Crippen molar-refractivity contribution in [3.63, 3.8) is 0 Å². The molecule has 0 spiro atoms. The summed E-state index contributed by atoms with van der Waals surface area (Å²) in [5.41, 5.74) is 1.74. The van der Waals surface area contributed by atoms with Crippen LogP contribution in [0.3, 0.4) is 0 Å². The van der Waals surface area contributed by atoms with E-state index in [2.05, 4.69) is 16.3 Å². The highest BCUT2D eigenvalue weighted by Crippen LogP contribution is 2.44. The van der Waals surface area contributed by atoms with Crippen molar-refractivity contribution in [2.24, 2.45) is 0 Å². The zero-order chi connectivity index (χ0) is 17.9. The standard InChI is InChI=1S/C22H25N2O2/c1-26-17-8-9-21-20(14-17)19(10-11-23-21)22(25)18-7-5-6-16(18)15-24-12-3-2-4-13-24/h5-11,14,22,25H,2-4,12-13,15H2,1H3/t22-/m0/s1. The van der Waals surface area contributed by atoms with Gasteiger partial charge in [0.1, 0.15) is 5.75 Å². The lowest BCUT2D eigenvalue weighted by atomic mass is 9.85. The fourth-order valence-corrected chi connectivity index (χ4v) is 3.92. The van der Waals surface area contributed by atoms with E-state index < -0.39 is 6.10 Å². The third-order valence-electron chi connectivity index (χ3n) is 5.36. The van der Waals surface area contributed by atoms with Gasteiger partial charge in [0.25, 0.3) is 0 Å². The molecule has 0 unspecified atom stereocenters. The molecule has 1 aromatic carbocycles. The molecule has 1 saturated heterocycles. The molecule has 2 aromatic rings. The van der Waals surface area contributed by atoms with Crippen LogP contribution in [0.2, 0.25) is 0 Å². The van der Waals surface area contributed by atoms with Crippen LogP contribution in [0.4, 0.5) is 0 Å². The smallest absolute Gasteiger partial charge is 0.119 e. The summed E-state index contributed by atoms with van der Waals surface area (Å²) in [6.45, 7) is 3.21. The third-order valence-corrected chi connectivity index (χ3v) is 5.36. The van der Waals surface area contributed by atoms with E-state index >= 15 is 0 Å². The predicted molar refractivity (Wildman–Crippen MR) is 103 cm³/mol. The van der Waals surface area contributed by atoms with Crippen molar-refractivity contribution >= 4 is 10.9 Å². The van der Waals surface area contributed by atoms with Gasteiger partial charge in [-0.25, -0.2) is 0 Å². The van der Waals surface area contributed by atoms with Crippen molar-refractivity contribution in [3.05, 3.63) is 67.1 Å². The first kappa shape index (κ1) is 17.7. The molecule has 0 amide bonds. The number of aliphatic hydroxyl groups excluding tert-OH is 1. The van der Waals surface area contributed by atoms with E-state index in [0.717, 1.165) is 47.8 Å². The number of aromatic nitrogens is 1. The summed E-state index contributed by atoms with van der Waals surface area (Å²) in [6.07, 6.45) is 11.2. The van der Waals surface area contributed by atoms with Gasteiger partial charge in [0.15, 0.2) is 0 Å². The van der Waals surface area contributed by atoms with Gasteiger partial charge in [-0.3, -0.25) is 4.98 Å². The first-order valence-electron chi connectivity index (χ1n) is 9.34. The second kappa shape index (κ2) is 7.93. The van der Waals surface area contributed by atoms with Crippen LogP contribution in [0.1, 0.15) is 30.9 Å². The Kier molecular flexibility index (Phi) is 5.41. The Balaban J connectivity index is 1.57. The van der Waals surface area contributed by atoms with Gasteiger partial charge >= 0.3 is 0 Å². The van der Waals surface area contributed by atoms with Crippen LogP contribution in [-0.4, -0.2) is 41.7 Å². The predicted octanol–water partition coefficient (Wildman–Crippen LogP) is 3.54. The van der Waals surface area contributed by atoms with Gasteiger partial charge in [0.05, 0.1) is 18.7 Å². The van der Waals surface area contributed by atoms with Crippen LogP contribution in [0.5, 0.6) is 5.75 Å². The number of aliphatic hydroxyl groups is 1. The van der Waals surface area contributed by atoms with Crippen LogP contribution in [0, 0.1) is 31.1 Å². The van der Waals surface area contributed by atoms with E-state index in [1.54, 1.807) is 13.3 Å². The molecule has 5 radical (unpaired) electrons. The zero-order valence-electron chi connectivity index (χ0n) is 15.2. The largest absolute Gasteiger partial charge is 0.497 e. The highest BCUT2D eigenvalue weighted by molar-refractivity contribution is 5.84. The molecule has 4 nitrogen and oxygen atoms in total. The van der Waals surface area contributed by atoms with Gasteiger partial charge in [-0.2, -0.15) is 0 Å². The van der Waals surface area contributed by atoms with Gasteiger partial charge in [-0.15, -0.1) is 0 Å². The van der Waals surface area contributed by atoms with Crippen molar-refractivity contribution in [2.75, 3.05) is 26.7 Å². The lowest BCUT2D eigenvalue weighted by Gasteiger charge is -2.32. The average Bonchev–Trinajstić information content (AvgIpc) is 3.15. The van der Waals surface area contributed by atoms with E-state index in [4.69, 9.17) is 4.74 Å². The van der Waals surface area contributed by atoms with Crippen molar-refractivity contribution in [2.45, 2.75) is 25.4 Å². The van der Waals surface area contributed by atoms with Crippen molar-refractivity contribution in [1.82, 2.24) is 9.88 Å². The number of benzene rings is 1. The quantitative estimate of drug-likeness (QED) is 0.897. The maximum atomic E-state index is 11.2. The Hall–Kier alpha value is -1.65. The normalized spacial score (nSPS) is 21.3. The minimum atomic E-state index is -0.664. The Labute approximate surface area is 156 Å². The molecule has 26 heavy (non-hydrogen) atoms. The van der Waals surface area contributed by atoms with E-state index in [1.807, 2.05) is 37.1 Å². The molecular weight excluding hydrogens is 324 g/mol. The molecular formula is C22H25N2O2. The summed E-state index contributed by atoms with van der Waals surface area (Å²) in [7, 11) is 1.65. The van der Waals surface area contributed by atoms with E-state index in [-0.39, 0.29) is 0 Å². The number of hydrogen-bond donors (Lipinski definition) is 1. The van der Waals surface area contributed by atoms with Gasteiger partial charge in [0, 0.05) is 30.0 Å². The lowest BCUT2D eigenvalue weighted by molar-refractivity contribution is 0.188. The number of pyridine rings is 1. The highest BCUT2D eigenvalue weighted by atomic mass is 16.5. The van der Waals surface area contributed by atoms with E-state index in [9.17, 15) is 5.11 Å². The number of likely N-dealkylation sites (tertiary alicyclic amines) is 1. The highest BCUT2D eigenvalue weighted by Gasteiger charge is 2.37. The first-order valence-corrected chi connectivity index (χ1v) is 9.34. The molecule has 1 aliphatic carbocycles. The molecule has 1 aromatic heterocycles. The molecule has 0 bridgehead atoms. The number of hydrogen-bond acceptors (Lipinski definition) is 4. The minimum Gasteiger partial charge on any atom is -0.497 e. The second-order valence-electron chi connectivity index (χ2n) is 7.03. The number of ether oxygens (including phenoxy) is 1. The minimum absolute atomic E-state index is 0.664. The monoisotopic (exact) mass is 349 g/mol. The number of nitrogens with zero attached hydrogens (tertiary/aromatic N) is 2. The van der Waals surface area contributed by atoms with E-state index in [1.165, 1.54) is 25.2 Å². The second-order valence-corrected chi connectivity index (χ2v) is 7.03. The van der Waals surface area contributed by atoms with Crippen molar-refractivity contribution < 1.29 is 9.84 Å². The summed E-state index contributed by atoms with van der Waals surface area (Å²) in [6, 6.07) is 7.69. The van der Waals surface area contributed by atoms with Crippen LogP contribution in [0.25, 0.3) is 10.9 Å². The molecule has 2 fully saturated rings. The summed E-state index contributed by atoms with van der Waals surface area (Å²) < 4.78 is 5.36. The lowest BCUT2D eigenvalue weighted by Crippen LogP contribution is -2.35. The fourth-order valence-electron chi connectivity index (χ4n) is 3.92. The summed E-state index contributed by atoms with van der Waals surface area (Å²) in [5, 5.41) is 12.1. The Morgan fingerprint density at radius 2 is 2.00 bits per heavy atom. The van der Waals surface area contributed by atoms with Crippen LogP contribution in [0.15, 0.2) is 30.5 Å². The van der Waals surface area contributed by atoms with Gasteiger partial charge in [0.2, 0.25) is 0 Å². The molecule has 2 aliphatic rings. The molecule has 135 valence electrons. The molecule has 1 N–H and O–H groups in total. The average molecular weight is 349 g/mol. The molecule has 4 heteroatoms. The van der Waals surface area contributed by atoms with Crippen LogP contribution in [-0.2, 0) is 0 Å². The molecule has 1 atom stereocenters. The van der Waals surface area contributed by atoms with Crippen molar-refractivity contribution in [3.8, 4) is 5.75 Å².